The molecular formula is C19H23NO5S. The molecule has 1 aromatic carbocycles. The number of carbonyl (C=O) groups is 1. The molecule has 0 radical (unpaired) electrons. The minimum Gasteiger partial charge on any atom is -0.454 e. The van der Waals surface area contributed by atoms with Crippen molar-refractivity contribution in [2.45, 2.75) is 42.6 Å². The van der Waals surface area contributed by atoms with Crippen LogP contribution in [-0.2, 0) is 29.4 Å². The molecule has 5 atom stereocenters. The smallest absolute Gasteiger partial charge is 0.311 e. The van der Waals surface area contributed by atoms with E-state index in [1.165, 1.54) is 0 Å². The van der Waals surface area contributed by atoms with Crippen molar-refractivity contribution in [2.75, 3.05) is 13.1 Å². The lowest BCUT2D eigenvalue weighted by atomic mass is 9.83. The molecule has 2 saturated carbocycles. The van der Waals surface area contributed by atoms with E-state index in [4.69, 9.17) is 8.92 Å². The first-order valence-electron chi connectivity index (χ1n) is 9.41. The normalized spacial score (nSPS) is 39.0. The molecule has 7 heteroatoms. The van der Waals surface area contributed by atoms with E-state index in [2.05, 4.69) is 5.32 Å². The molecular weight excluding hydrogens is 354 g/mol. The van der Waals surface area contributed by atoms with Gasteiger partial charge >= 0.3 is 5.97 Å². The average Bonchev–Trinajstić information content (AvgIpc) is 3.24. The molecule has 5 unspecified atom stereocenters. The highest BCUT2D eigenvalue weighted by Gasteiger charge is 2.67. The zero-order valence-electron chi connectivity index (χ0n) is 14.5. The van der Waals surface area contributed by atoms with Gasteiger partial charge in [-0.1, -0.05) is 30.3 Å². The first-order chi connectivity index (χ1) is 12.5. The van der Waals surface area contributed by atoms with E-state index >= 15 is 0 Å². The Bertz CT molecular complexity index is 816. The summed E-state index contributed by atoms with van der Waals surface area (Å²) in [7, 11) is -3.66. The number of benzene rings is 1. The maximum atomic E-state index is 13.2. The summed E-state index contributed by atoms with van der Waals surface area (Å²) in [6.45, 7) is 1.54. The predicted molar refractivity (Wildman–Crippen MR) is 93.6 cm³/mol. The molecule has 2 bridgehead atoms. The van der Waals surface area contributed by atoms with Crippen molar-refractivity contribution >= 4 is 16.1 Å². The number of ether oxygens (including phenoxy) is 1. The van der Waals surface area contributed by atoms with Gasteiger partial charge in [0, 0.05) is 18.8 Å². The number of piperidine rings is 1. The fourth-order valence-electron chi connectivity index (χ4n) is 5.59. The Hall–Kier alpha value is -1.44. The van der Waals surface area contributed by atoms with Crippen molar-refractivity contribution in [2.24, 2.45) is 17.8 Å². The van der Waals surface area contributed by atoms with E-state index in [0.717, 1.165) is 25.1 Å². The van der Waals surface area contributed by atoms with Crippen LogP contribution < -0.4 is 5.32 Å². The fraction of sp³-hybridized carbons (Fsp3) is 0.632. The van der Waals surface area contributed by atoms with Gasteiger partial charge < -0.3 is 10.1 Å². The van der Waals surface area contributed by atoms with Crippen molar-refractivity contribution in [3.8, 4) is 0 Å². The molecule has 6 nitrogen and oxygen atoms in total. The second-order valence-electron chi connectivity index (χ2n) is 8.04. The maximum Gasteiger partial charge on any atom is 0.311 e. The first kappa shape index (κ1) is 16.7. The monoisotopic (exact) mass is 377 g/mol. The van der Waals surface area contributed by atoms with Gasteiger partial charge in [0.1, 0.15) is 10.9 Å². The maximum absolute atomic E-state index is 13.2. The number of carbonyl (C=O) groups excluding carboxylic acids is 1. The average molecular weight is 377 g/mol. The highest BCUT2D eigenvalue weighted by Crippen LogP contribution is 2.58. The van der Waals surface area contributed by atoms with Crippen LogP contribution in [0.5, 0.6) is 0 Å². The Morgan fingerprint density at radius 3 is 2.62 bits per heavy atom. The molecule has 5 rings (SSSR count). The van der Waals surface area contributed by atoms with E-state index < -0.39 is 26.9 Å². The van der Waals surface area contributed by atoms with Gasteiger partial charge in [0.15, 0.2) is 0 Å². The number of fused-ring (bicyclic) bond motifs is 1. The summed E-state index contributed by atoms with van der Waals surface area (Å²) in [6, 6.07) is 9.82. The minimum absolute atomic E-state index is 0.0387. The lowest BCUT2D eigenvalue weighted by Gasteiger charge is -2.39. The van der Waals surface area contributed by atoms with Crippen LogP contribution in [0.3, 0.4) is 0 Å². The molecule has 4 fully saturated rings. The Morgan fingerprint density at radius 1 is 1.15 bits per heavy atom. The molecule has 2 aliphatic carbocycles. The highest BCUT2D eigenvalue weighted by molar-refractivity contribution is 7.87. The lowest BCUT2D eigenvalue weighted by molar-refractivity contribution is -0.171. The number of esters is 1. The second kappa shape index (κ2) is 5.78. The molecule has 2 saturated heterocycles. The van der Waals surface area contributed by atoms with Gasteiger partial charge in [-0.2, -0.15) is 8.42 Å². The van der Waals surface area contributed by atoms with E-state index in [1.807, 2.05) is 30.3 Å². The minimum atomic E-state index is -3.66. The van der Waals surface area contributed by atoms with Crippen LogP contribution in [0.1, 0.15) is 31.2 Å². The summed E-state index contributed by atoms with van der Waals surface area (Å²) >= 11 is 0. The van der Waals surface area contributed by atoms with Crippen molar-refractivity contribution < 1.29 is 22.1 Å². The van der Waals surface area contributed by atoms with Crippen LogP contribution >= 0.6 is 0 Å². The standard InChI is InChI=1S/C19H23NO5S/c21-18(16-12-10-14-15(11-12)25-26(22,23)17(14)16)24-19(6-8-20-9-7-19)13-4-2-1-3-5-13/h1-5,12,14-17,20H,6-11H2. The number of nitrogens with one attached hydrogen (secondary N) is 1. The molecule has 26 heavy (non-hydrogen) atoms. The van der Waals surface area contributed by atoms with Crippen LogP contribution in [0.2, 0.25) is 0 Å². The summed E-state index contributed by atoms with van der Waals surface area (Å²) in [5, 5.41) is 2.60. The summed E-state index contributed by atoms with van der Waals surface area (Å²) in [6.07, 6.45) is 2.58. The Balaban J connectivity index is 1.45. The number of rotatable bonds is 3. The van der Waals surface area contributed by atoms with Crippen molar-refractivity contribution in [1.82, 2.24) is 5.32 Å². The van der Waals surface area contributed by atoms with Gasteiger partial charge in [-0.25, -0.2) is 0 Å². The molecule has 1 aromatic rings. The van der Waals surface area contributed by atoms with Gasteiger partial charge in [0.25, 0.3) is 10.1 Å². The third-order valence-electron chi connectivity index (χ3n) is 6.74. The van der Waals surface area contributed by atoms with Gasteiger partial charge in [0.2, 0.25) is 0 Å². The molecule has 0 spiro atoms. The van der Waals surface area contributed by atoms with Gasteiger partial charge in [-0.3, -0.25) is 8.98 Å². The second-order valence-corrected chi connectivity index (χ2v) is 9.77. The largest absolute Gasteiger partial charge is 0.454 e. The van der Waals surface area contributed by atoms with Crippen molar-refractivity contribution in [1.29, 1.82) is 0 Å². The van der Waals surface area contributed by atoms with E-state index in [-0.39, 0.29) is 23.9 Å². The molecule has 2 aliphatic heterocycles. The SMILES string of the molecule is O=C(OC1(c2ccccc2)CCNCC1)C1C2CC3OS(=O)(=O)C1C3C2. The Kier molecular flexibility index (Phi) is 3.71. The quantitative estimate of drug-likeness (QED) is 0.636. The lowest BCUT2D eigenvalue weighted by Crippen LogP contribution is -2.46. The molecule has 4 aliphatic rings. The third-order valence-corrected chi connectivity index (χ3v) is 8.57. The summed E-state index contributed by atoms with van der Waals surface area (Å²) < 4.78 is 36.2. The van der Waals surface area contributed by atoms with Crippen LogP contribution in [0.25, 0.3) is 0 Å². The zero-order valence-corrected chi connectivity index (χ0v) is 15.3. The molecule has 1 N–H and O–H groups in total. The van der Waals surface area contributed by atoms with E-state index in [1.54, 1.807) is 0 Å². The third kappa shape index (κ3) is 2.37. The summed E-state index contributed by atoms with van der Waals surface area (Å²) in [5.74, 6) is -0.919. The number of hydrogen-bond acceptors (Lipinski definition) is 6. The van der Waals surface area contributed by atoms with Crippen molar-refractivity contribution in [3.63, 3.8) is 0 Å². The van der Waals surface area contributed by atoms with Crippen LogP contribution in [-0.4, -0.2) is 38.8 Å². The molecule has 2 heterocycles. The highest BCUT2D eigenvalue weighted by atomic mass is 32.2. The zero-order chi connectivity index (χ0) is 17.9. The van der Waals surface area contributed by atoms with Gasteiger partial charge in [-0.15, -0.1) is 0 Å². The van der Waals surface area contributed by atoms with E-state index in [9.17, 15) is 13.2 Å². The Morgan fingerprint density at radius 2 is 1.88 bits per heavy atom. The van der Waals surface area contributed by atoms with Crippen LogP contribution in [0, 0.1) is 17.8 Å². The van der Waals surface area contributed by atoms with Crippen molar-refractivity contribution in [3.05, 3.63) is 35.9 Å². The first-order valence-corrected chi connectivity index (χ1v) is 10.9. The molecule has 0 aromatic heterocycles. The van der Waals surface area contributed by atoms with Crippen LogP contribution in [0.4, 0.5) is 0 Å². The summed E-state index contributed by atoms with van der Waals surface area (Å²) in [4.78, 5) is 13.2. The molecule has 140 valence electrons. The number of hydrogen-bond donors (Lipinski definition) is 1. The van der Waals surface area contributed by atoms with E-state index in [0.29, 0.717) is 19.3 Å². The predicted octanol–water partition coefficient (Wildman–Crippen LogP) is 1.56. The van der Waals surface area contributed by atoms with Gasteiger partial charge in [0.05, 0.1) is 12.0 Å². The van der Waals surface area contributed by atoms with Gasteiger partial charge in [-0.05, 0) is 37.4 Å². The molecule has 0 amide bonds. The topological polar surface area (TPSA) is 81.7 Å². The Labute approximate surface area is 153 Å². The van der Waals surface area contributed by atoms with Crippen LogP contribution in [0.15, 0.2) is 30.3 Å². The fourth-order valence-corrected chi connectivity index (χ4v) is 7.70. The summed E-state index contributed by atoms with van der Waals surface area (Å²) in [5.41, 5.74) is 0.315.